The van der Waals surface area contributed by atoms with Crippen LogP contribution in [0.15, 0.2) is 15.3 Å². The lowest BCUT2D eigenvalue weighted by atomic mass is 10.1. The molecule has 0 radical (unpaired) electrons. The standard InChI is InChI=1S/C9H9N3O3/c1-4-3-5(2)12-8(6(4)7(10)13)15-9(14)11-12/h3H,1-2H3,(H2-,10,11,13,14)/p+1. The number of hydrogen-bond donors (Lipinski definition) is 2. The number of H-pyrrole nitrogens is 1. The van der Waals surface area contributed by atoms with Crippen LogP contribution in [0, 0.1) is 13.8 Å². The fourth-order valence-corrected chi connectivity index (χ4v) is 1.63. The van der Waals surface area contributed by atoms with Crippen LogP contribution < -0.4 is 16.0 Å². The Hall–Kier alpha value is -2.11. The van der Waals surface area contributed by atoms with Crippen molar-refractivity contribution in [1.29, 1.82) is 0 Å². The number of carbonyl (C=O) groups excluding carboxylic acids is 1. The molecule has 0 fully saturated rings. The van der Waals surface area contributed by atoms with Crippen molar-refractivity contribution in [3.63, 3.8) is 0 Å². The number of rotatable bonds is 1. The summed E-state index contributed by atoms with van der Waals surface area (Å²) in [5.41, 5.74) is 7.04. The number of aromatic nitrogens is 2. The topological polar surface area (TPSA) is 93.2 Å². The zero-order valence-electron chi connectivity index (χ0n) is 8.33. The number of amides is 1. The van der Waals surface area contributed by atoms with Crippen LogP contribution >= 0.6 is 0 Å². The Balaban J connectivity index is 3.01. The SMILES string of the molecule is Cc1cc(C)[n+]2[nH]c(=O)oc2c1C(N)=O. The van der Waals surface area contributed by atoms with Gasteiger partial charge in [0.1, 0.15) is 0 Å². The molecule has 6 heteroatoms. The summed E-state index contributed by atoms with van der Waals surface area (Å²) >= 11 is 0. The van der Waals surface area contributed by atoms with Gasteiger partial charge >= 0.3 is 11.5 Å². The summed E-state index contributed by atoms with van der Waals surface area (Å²) in [6, 6.07) is 1.75. The number of pyridine rings is 1. The molecule has 0 aliphatic carbocycles. The Bertz CT molecular complexity index is 609. The van der Waals surface area contributed by atoms with Crippen LogP contribution in [0.5, 0.6) is 0 Å². The number of fused-ring (bicyclic) bond motifs is 1. The second-order valence-electron chi connectivity index (χ2n) is 3.35. The third-order valence-electron chi connectivity index (χ3n) is 2.23. The Morgan fingerprint density at radius 3 is 2.80 bits per heavy atom. The molecular weight excluding hydrogens is 198 g/mol. The van der Waals surface area contributed by atoms with Crippen LogP contribution in [-0.2, 0) is 0 Å². The zero-order chi connectivity index (χ0) is 11.2. The van der Waals surface area contributed by atoms with Crippen LogP contribution in [0.3, 0.4) is 0 Å². The molecule has 0 saturated heterocycles. The van der Waals surface area contributed by atoms with Crippen molar-refractivity contribution < 1.29 is 13.7 Å². The highest BCUT2D eigenvalue weighted by Crippen LogP contribution is 2.11. The molecule has 0 unspecified atom stereocenters. The highest BCUT2D eigenvalue weighted by molar-refractivity contribution is 5.98. The Kier molecular flexibility index (Phi) is 1.85. The number of hydrogen-bond acceptors (Lipinski definition) is 3. The smallest absolute Gasteiger partial charge is 0.365 e. The van der Waals surface area contributed by atoms with Gasteiger partial charge in [-0.15, -0.1) is 0 Å². The molecule has 2 rings (SSSR count). The molecule has 0 aliphatic heterocycles. The van der Waals surface area contributed by atoms with Gasteiger partial charge in [0, 0.05) is 13.0 Å². The molecule has 2 aromatic rings. The number of primary amides is 1. The van der Waals surface area contributed by atoms with Gasteiger partial charge in [-0.25, -0.2) is 4.79 Å². The van der Waals surface area contributed by atoms with Crippen molar-refractivity contribution >= 4 is 11.6 Å². The van der Waals surface area contributed by atoms with E-state index >= 15 is 0 Å². The molecule has 0 saturated carbocycles. The number of carbonyl (C=O) groups is 1. The number of aromatic amines is 1. The maximum atomic E-state index is 11.2. The van der Waals surface area contributed by atoms with Gasteiger partial charge in [0.05, 0.1) is 0 Å². The van der Waals surface area contributed by atoms with E-state index in [1.54, 1.807) is 19.9 Å². The molecule has 0 aromatic carbocycles. The Labute approximate surface area is 84.3 Å². The Morgan fingerprint density at radius 1 is 1.53 bits per heavy atom. The van der Waals surface area contributed by atoms with Crippen molar-refractivity contribution in [2.24, 2.45) is 5.73 Å². The molecule has 1 amide bonds. The number of aryl methyl sites for hydroxylation is 2. The summed E-state index contributed by atoms with van der Waals surface area (Å²) < 4.78 is 6.27. The van der Waals surface area contributed by atoms with E-state index in [0.717, 1.165) is 5.69 Å². The van der Waals surface area contributed by atoms with Gasteiger partial charge in [-0.1, -0.05) is 5.10 Å². The fourth-order valence-electron chi connectivity index (χ4n) is 1.63. The molecule has 15 heavy (non-hydrogen) atoms. The van der Waals surface area contributed by atoms with Gasteiger partial charge in [-0.2, -0.15) is 0 Å². The molecule has 2 heterocycles. The minimum Gasteiger partial charge on any atom is -0.365 e. The second-order valence-corrected chi connectivity index (χ2v) is 3.35. The lowest BCUT2D eigenvalue weighted by Crippen LogP contribution is -2.32. The van der Waals surface area contributed by atoms with Gasteiger partial charge in [0.15, 0.2) is 5.56 Å². The van der Waals surface area contributed by atoms with Gasteiger partial charge < -0.3 is 10.2 Å². The summed E-state index contributed by atoms with van der Waals surface area (Å²) in [6.07, 6.45) is 0. The molecule has 3 N–H and O–H groups in total. The molecule has 6 nitrogen and oxygen atoms in total. The predicted molar refractivity (Wildman–Crippen MR) is 50.5 cm³/mol. The van der Waals surface area contributed by atoms with Crippen molar-refractivity contribution in [1.82, 2.24) is 5.10 Å². The Morgan fingerprint density at radius 2 is 2.20 bits per heavy atom. The van der Waals surface area contributed by atoms with Crippen molar-refractivity contribution in [3.05, 3.63) is 33.4 Å². The van der Waals surface area contributed by atoms with Crippen LogP contribution in [0.4, 0.5) is 0 Å². The summed E-state index contributed by atoms with van der Waals surface area (Å²) in [6.45, 7) is 3.52. The first-order valence-corrected chi connectivity index (χ1v) is 4.35. The minimum atomic E-state index is -0.619. The highest BCUT2D eigenvalue weighted by Gasteiger charge is 2.24. The van der Waals surface area contributed by atoms with Crippen molar-refractivity contribution in [3.8, 4) is 0 Å². The van der Waals surface area contributed by atoms with E-state index in [1.165, 1.54) is 4.52 Å². The van der Waals surface area contributed by atoms with Crippen LogP contribution in [-0.4, -0.2) is 11.0 Å². The average molecular weight is 208 g/mol. The first kappa shape index (κ1) is 9.45. The van der Waals surface area contributed by atoms with Gasteiger partial charge in [0.25, 0.3) is 5.91 Å². The number of nitrogens with two attached hydrogens (primary N) is 1. The molecule has 78 valence electrons. The largest absolute Gasteiger partial charge is 0.471 e. The van der Waals surface area contributed by atoms with Crippen LogP contribution in [0.1, 0.15) is 21.6 Å². The highest BCUT2D eigenvalue weighted by atomic mass is 16.4. The lowest BCUT2D eigenvalue weighted by molar-refractivity contribution is -0.587. The van der Waals surface area contributed by atoms with Gasteiger partial charge in [0.2, 0.25) is 5.69 Å². The molecule has 0 aliphatic rings. The quantitative estimate of drug-likeness (QED) is 0.614. The average Bonchev–Trinajstić information content (AvgIpc) is 2.45. The van der Waals surface area contributed by atoms with Crippen LogP contribution in [0.2, 0.25) is 0 Å². The molecule has 0 spiro atoms. The first-order chi connectivity index (χ1) is 7.00. The first-order valence-electron chi connectivity index (χ1n) is 4.35. The van der Waals surface area contributed by atoms with Crippen LogP contribution in [0.25, 0.3) is 5.71 Å². The van der Waals surface area contributed by atoms with E-state index < -0.39 is 11.7 Å². The molecule has 0 bridgehead atoms. The fraction of sp³-hybridized carbons (Fsp3) is 0.222. The monoisotopic (exact) mass is 208 g/mol. The van der Waals surface area contributed by atoms with E-state index in [-0.39, 0.29) is 11.3 Å². The second kappa shape index (κ2) is 2.94. The van der Waals surface area contributed by atoms with E-state index in [9.17, 15) is 9.59 Å². The number of nitrogens with one attached hydrogen (secondary N) is 1. The summed E-state index contributed by atoms with van der Waals surface area (Å²) in [7, 11) is 0. The maximum Gasteiger partial charge on any atom is 0.471 e. The lowest BCUT2D eigenvalue weighted by Gasteiger charge is -1.97. The van der Waals surface area contributed by atoms with E-state index in [1.807, 2.05) is 0 Å². The normalized spacial score (nSPS) is 10.8. The van der Waals surface area contributed by atoms with Gasteiger partial charge in [-0.3, -0.25) is 4.79 Å². The van der Waals surface area contributed by atoms with Crippen molar-refractivity contribution in [2.45, 2.75) is 13.8 Å². The zero-order valence-corrected chi connectivity index (χ0v) is 8.33. The van der Waals surface area contributed by atoms with E-state index in [0.29, 0.717) is 5.56 Å². The summed E-state index contributed by atoms with van der Waals surface area (Å²) in [5.74, 6) is -1.24. The summed E-state index contributed by atoms with van der Waals surface area (Å²) in [5, 5.41) is 2.44. The third-order valence-corrected chi connectivity index (χ3v) is 2.23. The molecular formula is C9H10N3O3+. The summed E-state index contributed by atoms with van der Waals surface area (Å²) in [4.78, 5) is 22.2. The molecule has 0 atom stereocenters. The van der Waals surface area contributed by atoms with E-state index in [4.69, 9.17) is 10.2 Å². The molecule has 2 aromatic heterocycles. The third kappa shape index (κ3) is 1.30. The van der Waals surface area contributed by atoms with Gasteiger partial charge in [-0.05, 0) is 17.0 Å². The minimum absolute atomic E-state index is 0.157. The van der Waals surface area contributed by atoms with Crippen molar-refractivity contribution in [2.75, 3.05) is 0 Å². The van der Waals surface area contributed by atoms with E-state index in [2.05, 4.69) is 5.10 Å². The predicted octanol–water partition coefficient (Wildman–Crippen LogP) is -0.578. The number of nitrogens with zero attached hydrogens (tertiary/aromatic N) is 1. The maximum absolute atomic E-state index is 11.2.